The Hall–Kier alpha value is -1.30. The van der Waals surface area contributed by atoms with E-state index < -0.39 is 0 Å². The van der Waals surface area contributed by atoms with Gasteiger partial charge in [-0.3, -0.25) is 5.01 Å². The molecule has 0 fully saturated rings. The number of hydrogen-bond donors (Lipinski definition) is 0. The average Bonchev–Trinajstić information content (AvgIpc) is 2.03. The van der Waals surface area contributed by atoms with Crippen LogP contribution < -0.4 is 0 Å². The van der Waals surface area contributed by atoms with Gasteiger partial charge in [-0.05, 0) is 12.8 Å². The van der Waals surface area contributed by atoms with Gasteiger partial charge in [0.25, 0.3) is 0 Å². The molecule has 0 spiro atoms. The summed E-state index contributed by atoms with van der Waals surface area (Å²) in [6.07, 6.45) is 1.85. The zero-order valence-corrected chi connectivity index (χ0v) is 7.91. The molecular formula is C9H15N3. The van der Waals surface area contributed by atoms with Crippen molar-refractivity contribution in [1.82, 2.24) is 5.01 Å². The number of hydrogen-bond acceptors (Lipinski definition) is 3. The van der Waals surface area contributed by atoms with Crippen molar-refractivity contribution >= 4 is 6.72 Å². The minimum atomic E-state index is 0.257. The Morgan fingerprint density at radius 3 is 2.67 bits per heavy atom. The summed E-state index contributed by atoms with van der Waals surface area (Å²) in [6.45, 7) is 9.84. The van der Waals surface area contributed by atoms with Crippen molar-refractivity contribution < 1.29 is 0 Å². The van der Waals surface area contributed by atoms with Gasteiger partial charge >= 0.3 is 0 Å². The van der Waals surface area contributed by atoms with E-state index in [9.17, 15) is 0 Å². The number of nitriles is 1. The van der Waals surface area contributed by atoms with E-state index >= 15 is 0 Å². The molecule has 0 bridgehead atoms. The molecule has 0 saturated carbocycles. The first kappa shape index (κ1) is 10.7. The molecule has 0 aromatic heterocycles. The molecule has 0 aliphatic heterocycles. The highest BCUT2D eigenvalue weighted by molar-refractivity contribution is 5.23. The van der Waals surface area contributed by atoms with E-state index in [0.717, 1.165) is 0 Å². The molecule has 0 heterocycles. The second kappa shape index (κ2) is 5.36. The van der Waals surface area contributed by atoms with Gasteiger partial charge in [-0.2, -0.15) is 10.4 Å². The molecular weight excluding hydrogens is 150 g/mol. The summed E-state index contributed by atoms with van der Waals surface area (Å²) in [7, 11) is 0. The molecule has 0 rings (SSSR count). The lowest BCUT2D eigenvalue weighted by Gasteiger charge is -2.12. The molecule has 0 unspecified atom stereocenters. The molecule has 0 atom stereocenters. The Kier molecular flexibility index (Phi) is 4.78. The fourth-order valence-corrected chi connectivity index (χ4v) is 0.593. The molecule has 0 aromatic carbocycles. The van der Waals surface area contributed by atoms with E-state index in [0.29, 0.717) is 5.92 Å². The summed E-state index contributed by atoms with van der Waals surface area (Å²) in [6, 6.07) is 2.01. The molecule has 66 valence electrons. The molecule has 12 heavy (non-hydrogen) atoms. The van der Waals surface area contributed by atoms with Crippen LogP contribution in [0.4, 0.5) is 0 Å². The Balaban J connectivity index is 4.27. The maximum atomic E-state index is 8.41. The summed E-state index contributed by atoms with van der Waals surface area (Å²) < 4.78 is 0. The predicted octanol–water partition coefficient (Wildman–Crippen LogP) is 1.99. The average molecular weight is 165 g/mol. The van der Waals surface area contributed by atoms with E-state index in [-0.39, 0.29) is 6.54 Å². The van der Waals surface area contributed by atoms with E-state index in [2.05, 4.69) is 25.7 Å². The smallest absolute Gasteiger partial charge is 0.128 e. The quantitative estimate of drug-likeness (QED) is 0.363. The Morgan fingerprint density at radius 2 is 2.33 bits per heavy atom. The lowest BCUT2D eigenvalue weighted by molar-refractivity contribution is 0.443. The number of hydrazone groups is 1. The first-order chi connectivity index (χ1) is 5.61. The lowest BCUT2D eigenvalue weighted by atomic mass is 10.1. The van der Waals surface area contributed by atoms with Gasteiger partial charge in [-0.1, -0.05) is 19.4 Å². The van der Waals surface area contributed by atoms with Gasteiger partial charge in [0.1, 0.15) is 6.54 Å². The van der Waals surface area contributed by atoms with Crippen LogP contribution in [0.15, 0.2) is 16.9 Å². The van der Waals surface area contributed by atoms with Crippen molar-refractivity contribution in [2.75, 3.05) is 6.54 Å². The fourth-order valence-electron chi connectivity index (χ4n) is 0.593. The number of allylic oxidation sites excluding steroid dienone is 1. The van der Waals surface area contributed by atoms with Crippen molar-refractivity contribution in [3.8, 4) is 6.07 Å². The van der Waals surface area contributed by atoms with Gasteiger partial charge in [-0.15, -0.1) is 0 Å². The Morgan fingerprint density at radius 1 is 1.75 bits per heavy atom. The molecule has 0 aliphatic carbocycles. The topological polar surface area (TPSA) is 39.4 Å². The first-order valence-electron chi connectivity index (χ1n) is 3.90. The van der Waals surface area contributed by atoms with Crippen LogP contribution in [-0.2, 0) is 0 Å². The summed E-state index contributed by atoms with van der Waals surface area (Å²) in [5.74, 6) is 0.480. The van der Waals surface area contributed by atoms with Crippen LogP contribution in [0.1, 0.15) is 20.8 Å². The lowest BCUT2D eigenvalue weighted by Crippen LogP contribution is -2.10. The second-order valence-corrected chi connectivity index (χ2v) is 2.92. The van der Waals surface area contributed by atoms with E-state index in [1.807, 2.05) is 19.2 Å². The molecule has 3 nitrogen and oxygen atoms in total. The third kappa shape index (κ3) is 3.77. The Bertz CT molecular complexity index is 210. The molecule has 0 N–H and O–H groups in total. The molecule has 0 radical (unpaired) electrons. The van der Waals surface area contributed by atoms with Crippen LogP contribution in [0, 0.1) is 17.2 Å². The maximum absolute atomic E-state index is 8.41. The predicted molar refractivity (Wildman–Crippen MR) is 50.5 cm³/mol. The van der Waals surface area contributed by atoms with Gasteiger partial charge < -0.3 is 0 Å². The first-order valence-corrected chi connectivity index (χ1v) is 3.90. The summed E-state index contributed by atoms with van der Waals surface area (Å²) in [5.41, 5.74) is 1.19. The molecule has 0 aromatic rings. The highest BCUT2D eigenvalue weighted by Crippen LogP contribution is 2.08. The highest BCUT2D eigenvalue weighted by atomic mass is 15.4. The molecule has 3 heteroatoms. The number of rotatable bonds is 4. The van der Waals surface area contributed by atoms with Crippen molar-refractivity contribution in [2.24, 2.45) is 11.0 Å². The normalized spacial score (nSPS) is 11.1. The molecule has 0 aliphatic rings. The largest absolute Gasteiger partial charge is 0.259 e. The zero-order chi connectivity index (χ0) is 9.56. The SMILES string of the molecule is C=NN(/C=C(\C)C(C)C)CC#N. The second-order valence-electron chi connectivity index (χ2n) is 2.92. The fraction of sp³-hybridized carbons (Fsp3) is 0.556. The van der Waals surface area contributed by atoms with Crippen LogP contribution in [-0.4, -0.2) is 18.3 Å². The number of nitrogens with zero attached hydrogens (tertiary/aromatic N) is 3. The van der Waals surface area contributed by atoms with Crippen LogP contribution in [0.5, 0.6) is 0 Å². The minimum Gasteiger partial charge on any atom is -0.259 e. The van der Waals surface area contributed by atoms with Crippen LogP contribution >= 0.6 is 0 Å². The summed E-state index contributed by atoms with van der Waals surface area (Å²) >= 11 is 0. The van der Waals surface area contributed by atoms with Crippen molar-refractivity contribution in [3.05, 3.63) is 11.8 Å². The zero-order valence-electron chi connectivity index (χ0n) is 7.91. The monoisotopic (exact) mass is 165 g/mol. The Labute approximate surface area is 74.0 Å². The van der Waals surface area contributed by atoms with Crippen molar-refractivity contribution in [3.63, 3.8) is 0 Å². The highest BCUT2D eigenvalue weighted by Gasteiger charge is 1.99. The van der Waals surface area contributed by atoms with Crippen LogP contribution in [0.25, 0.3) is 0 Å². The summed E-state index contributed by atoms with van der Waals surface area (Å²) in [5, 5.41) is 13.6. The van der Waals surface area contributed by atoms with Crippen molar-refractivity contribution in [1.29, 1.82) is 5.26 Å². The van der Waals surface area contributed by atoms with Crippen LogP contribution in [0.2, 0.25) is 0 Å². The summed E-state index contributed by atoms with van der Waals surface area (Å²) in [4.78, 5) is 0. The molecule has 0 amide bonds. The van der Waals surface area contributed by atoms with E-state index in [1.165, 1.54) is 10.6 Å². The van der Waals surface area contributed by atoms with Gasteiger partial charge in [0.2, 0.25) is 0 Å². The van der Waals surface area contributed by atoms with Gasteiger partial charge in [0, 0.05) is 12.9 Å². The third-order valence-electron chi connectivity index (χ3n) is 1.68. The maximum Gasteiger partial charge on any atom is 0.128 e. The van der Waals surface area contributed by atoms with Crippen molar-refractivity contribution in [2.45, 2.75) is 20.8 Å². The van der Waals surface area contributed by atoms with E-state index in [1.54, 1.807) is 0 Å². The van der Waals surface area contributed by atoms with Gasteiger partial charge in [0.05, 0.1) is 6.07 Å². The molecule has 0 saturated heterocycles. The van der Waals surface area contributed by atoms with Gasteiger partial charge in [-0.25, -0.2) is 0 Å². The van der Waals surface area contributed by atoms with Gasteiger partial charge in [0.15, 0.2) is 0 Å². The third-order valence-corrected chi connectivity index (χ3v) is 1.68. The van der Waals surface area contributed by atoms with Crippen LogP contribution in [0.3, 0.4) is 0 Å². The van der Waals surface area contributed by atoms with E-state index in [4.69, 9.17) is 5.26 Å². The standard InChI is InChI=1S/C9H15N3/c1-8(2)9(3)7-12(11-4)6-5-10/h7-8H,4,6H2,1-3H3/b9-7+. The minimum absolute atomic E-state index is 0.257.